The molecule has 0 bridgehead atoms. The van der Waals surface area contributed by atoms with Crippen LogP contribution in [0.4, 0.5) is 5.69 Å². The van der Waals surface area contributed by atoms with E-state index in [4.69, 9.17) is 0 Å². The highest BCUT2D eigenvalue weighted by atomic mass is 32.1. The number of hydrogen-bond acceptors (Lipinski definition) is 8. The van der Waals surface area contributed by atoms with Crippen LogP contribution in [0.25, 0.3) is 67.6 Å². The van der Waals surface area contributed by atoms with Gasteiger partial charge in [0.05, 0.1) is 5.56 Å². The topological polar surface area (TPSA) is 124 Å². The molecule has 8 nitrogen and oxygen atoms in total. The van der Waals surface area contributed by atoms with Gasteiger partial charge in [0.25, 0.3) is 5.91 Å². The van der Waals surface area contributed by atoms with Crippen LogP contribution in [0.15, 0.2) is 96.6 Å². The molecular formula is C47H37N3O5S4. The fourth-order valence-corrected chi connectivity index (χ4v) is 12.6. The number of aromatic carboxylic acids is 1. The first-order valence-corrected chi connectivity index (χ1v) is 22.0. The van der Waals surface area contributed by atoms with Crippen LogP contribution < -0.4 is 4.90 Å². The Labute approximate surface area is 356 Å². The van der Waals surface area contributed by atoms with Gasteiger partial charge in [0.1, 0.15) is 18.2 Å². The smallest absolute Gasteiger partial charge is 0.335 e. The molecule has 0 saturated carbocycles. The molecule has 59 heavy (non-hydrogen) atoms. The standard InChI is InChI=1S/C47H37N3O5S4/c1-6-49-35-10-8-7-9-33(35)34-21-30(13-16-36(34)49)38-18-26(3)44(57-38)40-20-28(5)45(59-40)41-19-27(4)43(58-41)39-17-25(2)37(56-39)22-31(23-48)46(53)50(24-42(51)52)32-14-11-29(12-15-32)47(54)55/h7-22H,6,24H2,1-5H3,(H,51,52)(H,54,55)/b31-22+. The van der Waals surface area contributed by atoms with Gasteiger partial charge in [-0.15, -0.1) is 45.3 Å². The highest BCUT2D eigenvalue weighted by Crippen LogP contribution is 2.49. The zero-order chi connectivity index (χ0) is 41.7. The maximum absolute atomic E-state index is 13.6. The number of nitrogens with zero attached hydrogens (tertiary/aromatic N) is 3. The van der Waals surface area contributed by atoms with E-state index in [9.17, 15) is 29.9 Å². The normalized spacial score (nSPS) is 11.7. The predicted octanol–water partition coefficient (Wildman–Crippen LogP) is 12.7. The summed E-state index contributed by atoms with van der Waals surface area (Å²) >= 11 is 6.83. The molecule has 0 spiro atoms. The van der Waals surface area contributed by atoms with Gasteiger partial charge in [-0.2, -0.15) is 5.26 Å². The number of aryl methyl sites for hydroxylation is 5. The van der Waals surface area contributed by atoms with E-state index >= 15 is 0 Å². The number of nitriles is 1. The van der Waals surface area contributed by atoms with Crippen LogP contribution in [-0.2, 0) is 16.1 Å². The number of anilines is 1. The zero-order valence-electron chi connectivity index (χ0n) is 32.7. The predicted molar refractivity (Wildman–Crippen MR) is 244 cm³/mol. The van der Waals surface area contributed by atoms with E-state index < -0.39 is 24.4 Å². The second kappa shape index (κ2) is 15.9. The molecule has 12 heteroatoms. The van der Waals surface area contributed by atoms with Gasteiger partial charge in [0.15, 0.2) is 0 Å². The fraction of sp³-hybridized carbons (Fsp3) is 0.149. The lowest BCUT2D eigenvalue weighted by atomic mass is 10.1. The number of benzene rings is 3. The van der Waals surface area contributed by atoms with Gasteiger partial charge in [0, 0.05) is 73.1 Å². The third-order valence-electron chi connectivity index (χ3n) is 10.3. The molecule has 3 aromatic carbocycles. The maximum Gasteiger partial charge on any atom is 0.335 e. The van der Waals surface area contributed by atoms with E-state index in [0.717, 1.165) is 32.3 Å². The van der Waals surface area contributed by atoms with Crippen LogP contribution in [0.2, 0.25) is 0 Å². The van der Waals surface area contributed by atoms with Crippen molar-refractivity contribution >= 4 is 96.8 Å². The van der Waals surface area contributed by atoms with Crippen molar-refractivity contribution in [2.24, 2.45) is 0 Å². The van der Waals surface area contributed by atoms with Crippen LogP contribution in [0.5, 0.6) is 0 Å². The number of amides is 1. The molecule has 1 amide bonds. The molecule has 5 heterocycles. The summed E-state index contributed by atoms with van der Waals surface area (Å²) in [6.45, 7) is 10.8. The largest absolute Gasteiger partial charge is 0.480 e. The number of carboxylic acid groups (broad SMARTS) is 2. The number of carbonyl (C=O) groups excluding carboxylic acids is 1. The summed E-state index contributed by atoms with van der Waals surface area (Å²) in [6.07, 6.45) is 1.50. The molecule has 0 fully saturated rings. The summed E-state index contributed by atoms with van der Waals surface area (Å²) in [5.41, 5.74) is 8.14. The Morgan fingerprint density at radius 2 is 1.25 bits per heavy atom. The first-order chi connectivity index (χ1) is 28.3. The second-order valence-electron chi connectivity index (χ2n) is 14.3. The Morgan fingerprint density at radius 3 is 1.85 bits per heavy atom. The van der Waals surface area contributed by atoms with Crippen LogP contribution in [0.3, 0.4) is 0 Å². The zero-order valence-corrected chi connectivity index (χ0v) is 36.0. The minimum atomic E-state index is -1.27. The third kappa shape index (κ3) is 7.43. The van der Waals surface area contributed by atoms with Crippen molar-refractivity contribution in [1.29, 1.82) is 5.26 Å². The minimum Gasteiger partial charge on any atom is -0.480 e. The van der Waals surface area contributed by atoms with Crippen LogP contribution >= 0.6 is 45.3 Å². The van der Waals surface area contributed by atoms with Crippen molar-refractivity contribution in [3.8, 4) is 45.8 Å². The third-order valence-corrected chi connectivity index (χ3v) is 15.8. The Balaban J connectivity index is 1.07. The fourth-order valence-electron chi connectivity index (χ4n) is 7.46. The Kier molecular flexibility index (Phi) is 10.7. The molecule has 8 aromatic rings. The number of hydrogen-bond donors (Lipinski definition) is 2. The Bertz CT molecular complexity index is 3060. The van der Waals surface area contributed by atoms with Gasteiger partial charge in [-0.05, 0) is 135 Å². The quantitative estimate of drug-likeness (QED) is 0.0986. The number of thiophene rings is 4. The van der Waals surface area contributed by atoms with E-state index in [2.05, 4.69) is 99.0 Å². The number of rotatable bonds is 11. The van der Waals surface area contributed by atoms with Gasteiger partial charge in [-0.3, -0.25) is 14.5 Å². The van der Waals surface area contributed by atoms with E-state index in [1.165, 1.54) is 105 Å². The van der Waals surface area contributed by atoms with Crippen LogP contribution in [0, 0.1) is 39.0 Å². The van der Waals surface area contributed by atoms with Crippen molar-refractivity contribution in [2.75, 3.05) is 11.4 Å². The van der Waals surface area contributed by atoms with E-state index in [1.807, 2.05) is 35.7 Å². The van der Waals surface area contributed by atoms with Gasteiger partial charge in [0.2, 0.25) is 0 Å². The van der Waals surface area contributed by atoms with Gasteiger partial charge >= 0.3 is 11.9 Å². The van der Waals surface area contributed by atoms with Gasteiger partial charge < -0.3 is 14.8 Å². The van der Waals surface area contributed by atoms with E-state index in [-0.39, 0.29) is 16.8 Å². The molecule has 0 aliphatic rings. The molecule has 2 N–H and O–H groups in total. The monoisotopic (exact) mass is 851 g/mol. The highest BCUT2D eigenvalue weighted by Gasteiger charge is 2.25. The van der Waals surface area contributed by atoms with Gasteiger partial charge in [-0.25, -0.2) is 4.79 Å². The molecule has 0 saturated heterocycles. The summed E-state index contributed by atoms with van der Waals surface area (Å²) in [5, 5.41) is 31.5. The van der Waals surface area contributed by atoms with Crippen molar-refractivity contribution in [2.45, 2.75) is 41.2 Å². The first-order valence-electron chi connectivity index (χ1n) is 18.8. The van der Waals surface area contributed by atoms with Gasteiger partial charge in [-0.1, -0.05) is 24.3 Å². The average Bonchev–Trinajstić information content (AvgIpc) is 4.05. The summed E-state index contributed by atoms with van der Waals surface area (Å²) in [5.74, 6) is -3.22. The molecule has 0 aliphatic heterocycles. The number of aromatic nitrogens is 1. The van der Waals surface area contributed by atoms with Crippen molar-refractivity contribution in [1.82, 2.24) is 4.57 Å². The highest BCUT2D eigenvalue weighted by molar-refractivity contribution is 7.29. The lowest BCUT2D eigenvalue weighted by Crippen LogP contribution is -2.36. The lowest BCUT2D eigenvalue weighted by Gasteiger charge is -2.20. The second-order valence-corrected chi connectivity index (χ2v) is 18.6. The molecule has 0 atom stereocenters. The number of carbonyl (C=O) groups is 3. The molecule has 8 rings (SSSR count). The number of fused-ring (bicyclic) bond motifs is 3. The average molecular weight is 852 g/mol. The summed E-state index contributed by atoms with van der Waals surface area (Å²) in [7, 11) is 0. The van der Waals surface area contributed by atoms with E-state index in [0.29, 0.717) is 4.88 Å². The Morgan fingerprint density at radius 1 is 0.695 bits per heavy atom. The minimum absolute atomic E-state index is 0.00984. The maximum atomic E-state index is 13.6. The van der Waals surface area contributed by atoms with Crippen LogP contribution in [-0.4, -0.2) is 39.2 Å². The molecule has 0 aliphatic carbocycles. The summed E-state index contributed by atoms with van der Waals surface area (Å²) in [4.78, 5) is 46.7. The van der Waals surface area contributed by atoms with Crippen molar-refractivity contribution < 1.29 is 24.6 Å². The molecule has 5 aromatic heterocycles. The number of aliphatic carboxylic acids is 1. The molecular weight excluding hydrogens is 815 g/mol. The molecule has 0 unspecified atom stereocenters. The van der Waals surface area contributed by atoms with Crippen molar-refractivity contribution in [3.05, 3.63) is 129 Å². The lowest BCUT2D eigenvalue weighted by molar-refractivity contribution is -0.136. The summed E-state index contributed by atoms with van der Waals surface area (Å²) in [6, 6.07) is 31.6. The Hall–Kier alpha value is -6.10. The number of para-hydroxylation sites is 1. The summed E-state index contributed by atoms with van der Waals surface area (Å²) < 4.78 is 2.38. The first kappa shape index (κ1) is 39.7. The SMILES string of the molecule is CCn1c2ccccc2c2cc(-c3cc(C)c(-c4cc(C)c(-c5cc(C)c(-c6cc(C)c(/C=C(\C#N)C(=O)N(CC(=O)O)c7ccc(C(=O)O)cc7)s6)s5)s4)s3)ccc21. The molecule has 0 radical (unpaired) electrons. The molecule has 294 valence electrons. The van der Waals surface area contributed by atoms with E-state index in [1.54, 1.807) is 11.3 Å². The van der Waals surface area contributed by atoms with Crippen molar-refractivity contribution in [3.63, 3.8) is 0 Å². The van der Waals surface area contributed by atoms with Crippen LogP contribution in [0.1, 0.15) is 44.4 Å². The number of carboxylic acids is 2.